The summed E-state index contributed by atoms with van der Waals surface area (Å²) < 4.78 is 25.2. The standard InChI is InChI=1S/C20H22ClN3O4S/c1-29(27,28)24(18-5-2-4-16(21)12-18)14-19(25)22-13-15-7-9-17(10-8-15)23-11-3-6-20(23)26/h2,4-5,7-10,12H,3,6,11,13-14H2,1H3,(H,22,25). The Bertz CT molecular complexity index is 1010. The molecule has 1 N–H and O–H groups in total. The van der Waals surface area contributed by atoms with Crippen LogP contribution in [0.4, 0.5) is 11.4 Å². The monoisotopic (exact) mass is 435 g/mol. The number of benzene rings is 2. The second kappa shape index (κ2) is 8.84. The summed E-state index contributed by atoms with van der Waals surface area (Å²) in [7, 11) is -3.66. The molecule has 29 heavy (non-hydrogen) atoms. The quantitative estimate of drug-likeness (QED) is 0.724. The minimum atomic E-state index is -3.66. The Kier molecular flexibility index (Phi) is 6.44. The Morgan fingerprint density at radius 3 is 2.52 bits per heavy atom. The normalized spacial score (nSPS) is 14.1. The number of hydrogen-bond acceptors (Lipinski definition) is 4. The molecule has 0 unspecified atom stereocenters. The molecule has 1 saturated heterocycles. The molecular weight excluding hydrogens is 414 g/mol. The number of carbonyl (C=O) groups excluding carboxylic acids is 2. The molecule has 9 heteroatoms. The van der Waals surface area contributed by atoms with Crippen molar-refractivity contribution < 1.29 is 18.0 Å². The van der Waals surface area contributed by atoms with Crippen LogP contribution in [0.25, 0.3) is 0 Å². The number of rotatable bonds is 7. The molecule has 0 bridgehead atoms. The van der Waals surface area contributed by atoms with Gasteiger partial charge in [-0.3, -0.25) is 13.9 Å². The molecule has 1 heterocycles. The van der Waals surface area contributed by atoms with Crippen molar-refractivity contribution in [3.63, 3.8) is 0 Å². The average molecular weight is 436 g/mol. The molecule has 1 fully saturated rings. The Hall–Kier alpha value is -2.58. The number of anilines is 2. The van der Waals surface area contributed by atoms with Gasteiger partial charge in [-0.15, -0.1) is 0 Å². The summed E-state index contributed by atoms with van der Waals surface area (Å²) in [6.45, 7) is 0.624. The van der Waals surface area contributed by atoms with Gasteiger partial charge in [-0.25, -0.2) is 8.42 Å². The SMILES string of the molecule is CS(=O)(=O)N(CC(=O)NCc1ccc(N2CCCC2=O)cc1)c1cccc(Cl)c1. The Morgan fingerprint density at radius 2 is 1.93 bits per heavy atom. The predicted octanol–water partition coefficient (Wildman–Crippen LogP) is 2.55. The van der Waals surface area contributed by atoms with Crippen LogP contribution in [0.15, 0.2) is 48.5 Å². The second-order valence-electron chi connectivity index (χ2n) is 6.84. The lowest BCUT2D eigenvalue weighted by molar-refractivity contribution is -0.120. The van der Waals surface area contributed by atoms with Crippen molar-refractivity contribution in [3.8, 4) is 0 Å². The van der Waals surface area contributed by atoms with Gasteiger partial charge < -0.3 is 10.2 Å². The fraction of sp³-hybridized carbons (Fsp3) is 0.300. The van der Waals surface area contributed by atoms with Crippen LogP contribution < -0.4 is 14.5 Å². The van der Waals surface area contributed by atoms with E-state index in [1.54, 1.807) is 23.1 Å². The second-order valence-corrected chi connectivity index (χ2v) is 9.18. The summed E-state index contributed by atoms with van der Waals surface area (Å²) in [5.74, 6) is -0.317. The van der Waals surface area contributed by atoms with E-state index in [2.05, 4.69) is 5.32 Å². The van der Waals surface area contributed by atoms with Gasteiger partial charge in [0.1, 0.15) is 6.54 Å². The maximum atomic E-state index is 12.3. The topological polar surface area (TPSA) is 86.8 Å². The molecule has 3 rings (SSSR count). The van der Waals surface area contributed by atoms with Crippen molar-refractivity contribution in [2.45, 2.75) is 19.4 Å². The molecule has 0 aliphatic carbocycles. The number of nitrogens with zero attached hydrogens (tertiary/aromatic N) is 2. The minimum Gasteiger partial charge on any atom is -0.350 e. The van der Waals surface area contributed by atoms with Crippen LogP contribution in [0.5, 0.6) is 0 Å². The van der Waals surface area contributed by atoms with Crippen molar-refractivity contribution in [1.29, 1.82) is 0 Å². The van der Waals surface area contributed by atoms with Gasteiger partial charge in [0, 0.05) is 30.2 Å². The van der Waals surface area contributed by atoms with Gasteiger partial charge in [-0.05, 0) is 42.3 Å². The maximum absolute atomic E-state index is 12.3. The first-order valence-electron chi connectivity index (χ1n) is 9.13. The number of amides is 2. The molecule has 7 nitrogen and oxygen atoms in total. The van der Waals surface area contributed by atoms with E-state index in [4.69, 9.17) is 11.6 Å². The number of halogens is 1. The summed E-state index contributed by atoms with van der Waals surface area (Å²) in [6.07, 6.45) is 2.47. The molecule has 0 aromatic heterocycles. The molecular formula is C20H22ClN3O4S. The number of hydrogen-bond donors (Lipinski definition) is 1. The summed E-state index contributed by atoms with van der Waals surface area (Å²) in [5, 5.41) is 3.11. The molecule has 154 valence electrons. The van der Waals surface area contributed by atoms with E-state index >= 15 is 0 Å². The largest absolute Gasteiger partial charge is 0.350 e. The van der Waals surface area contributed by atoms with Crippen LogP contribution in [0.3, 0.4) is 0 Å². The lowest BCUT2D eigenvalue weighted by atomic mass is 10.2. The van der Waals surface area contributed by atoms with Crippen LogP contribution in [0.1, 0.15) is 18.4 Å². The van der Waals surface area contributed by atoms with Gasteiger partial charge in [0.2, 0.25) is 21.8 Å². The zero-order valence-electron chi connectivity index (χ0n) is 16.0. The summed E-state index contributed by atoms with van der Waals surface area (Å²) in [4.78, 5) is 25.9. The van der Waals surface area contributed by atoms with Crippen molar-refractivity contribution in [1.82, 2.24) is 5.32 Å². The maximum Gasteiger partial charge on any atom is 0.241 e. The highest BCUT2D eigenvalue weighted by atomic mass is 35.5. The van der Waals surface area contributed by atoms with Gasteiger partial charge in [-0.2, -0.15) is 0 Å². The van der Waals surface area contributed by atoms with E-state index in [1.807, 2.05) is 24.3 Å². The molecule has 2 amide bonds. The van der Waals surface area contributed by atoms with Gasteiger partial charge in [0.15, 0.2) is 0 Å². The lowest BCUT2D eigenvalue weighted by Crippen LogP contribution is -2.40. The highest BCUT2D eigenvalue weighted by Gasteiger charge is 2.22. The number of nitrogens with one attached hydrogen (secondary N) is 1. The zero-order chi connectivity index (χ0) is 21.0. The third kappa shape index (κ3) is 5.48. The van der Waals surface area contributed by atoms with E-state index in [0.717, 1.165) is 34.8 Å². The smallest absolute Gasteiger partial charge is 0.241 e. The third-order valence-electron chi connectivity index (χ3n) is 4.59. The van der Waals surface area contributed by atoms with Gasteiger partial charge >= 0.3 is 0 Å². The molecule has 2 aromatic carbocycles. The van der Waals surface area contributed by atoms with Crippen molar-refractivity contribution >= 4 is 44.8 Å². The van der Waals surface area contributed by atoms with Crippen molar-refractivity contribution in [3.05, 3.63) is 59.1 Å². The minimum absolute atomic E-state index is 0.118. The molecule has 1 aliphatic heterocycles. The zero-order valence-corrected chi connectivity index (χ0v) is 17.5. The fourth-order valence-corrected chi connectivity index (χ4v) is 4.17. The first kappa shape index (κ1) is 21.1. The van der Waals surface area contributed by atoms with E-state index in [-0.39, 0.29) is 19.0 Å². The van der Waals surface area contributed by atoms with E-state index < -0.39 is 15.9 Å². The molecule has 0 atom stereocenters. The van der Waals surface area contributed by atoms with Crippen LogP contribution in [-0.2, 0) is 26.2 Å². The number of carbonyl (C=O) groups is 2. The highest BCUT2D eigenvalue weighted by molar-refractivity contribution is 7.92. The molecule has 1 aliphatic rings. The van der Waals surface area contributed by atoms with E-state index in [9.17, 15) is 18.0 Å². The van der Waals surface area contributed by atoms with Crippen molar-refractivity contribution in [2.24, 2.45) is 0 Å². The fourth-order valence-electron chi connectivity index (χ4n) is 3.13. The van der Waals surface area contributed by atoms with Crippen LogP contribution in [0, 0.1) is 0 Å². The molecule has 0 spiro atoms. The van der Waals surface area contributed by atoms with E-state index in [1.165, 1.54) is 6.07 Å². The highest BCUT2D eigenvalue weighted by Crippen LogP contribution is 2.22. The van der Waals surface area contributed by atoms with Gasteiger partial charge in [-0.1, -0.05) is 29.8 Å². The first-order valence-corrected chi connectivity index (χ1v) is 11.4. The third-order valence-corrected chi connectivity index (χ3v) is 5.97. The summed E-state index contributed by atoms with van der Waals surface area (Å²) in [5.41, 5.74) is 2.02. The Labute approximate surface area is 175 Å². The predicted molar refractivity (Wildman–Crippen MR) is 114 cm³/mol. The average Bonchev–Trinajstić information content (AvgIpc) is 3.10. The van der Waals surface area contributed by atoms with Crippen molar-refractivity contribution in [2.75, 3.05) is 28.6 Å². The van der Waals surface area contributed by atoms with Crippen LogP contribution >= 0.6 is 11.6 Å². The van der Waals surface area contributed by atoms with E-state index in [0.29, 0.717) is 17.1 Å². The summed E-state index contributed by atoms with van der Waals surface area (Å²) in [6, 6.07) is 13.7. The lowest BCUT2D eigenvalue weighted by Gasteiger charge is -2.22. The molecule has 0 radical (unpaired) electrons. The van der Waals surface area contributed by atoms with Crippen LogP contribution in [0.2, 0.25) is 5.02 Å². The summed E-state index contributed by atoms with van der Waals surface area (Å²) >= 11 is 5.94. The number of sulfonamides is 1. The Morgan fingerprint density at radius 1 is 1.21 bits per heavy atom. The first-order chi connectivity index (χ1) is 13.7. The Balaban J connectivity index is 1.61. The van der Waals surface area contributed by atoms with Gasteiger partial charge in [0.25, 0.3) is 0 Å². The molecule has 2 aromatic rings. The van der Waals surface area contributed by atoms with Gasteiger partial charge in [0.05, 0.1) is 11.9 Å². The molecule has 0 saturated carbocycles. The van der Waals surface area contributed by atoms with Crippen LogP contribution in [-0.4, -0.2) is 39.6 Å².